The molecule has 3 heterocycles. The van der Waals surface area contributed by atoms with Crippen LogP contribution >= 0.6 is 0 Å². The summed E-state index contributed by atoms with van der Waals surface area (Å²) in [4.78, 5) is 33.3. The van der Waals surface area contributed by atoms with Gasteiger partial charge in [-0.3, -0.25) is 19.3 Å². The Bertz CT molecular complexity index is 1500. The maximum absolute atomic E-state index is 13.5. The van der Waals surface area contributed by atoms with Gasteiger partial charge in [0, 0.05) is 30.1 Å². The molecule has 0 aliphatic heterocycles. The summed E-state index contributed by atoms with van der Waals surface area (Å²) < 4.78 is 21.2. The first-order valence-electron chi connectivity index (χ1n) is 11.4. The first-order chi connectivity index (χ1) is 16.8. The number of nitrogens with two attached hydrogens (primary N) is 1. The number of primary amides is 1. The minimum atomic E-state index is -0.593. The van der Waals surface area contributed by atoms with Gasteiger partial charge < -0.3 is 15.8 Å². The maximum Gasteiger partial charge on any atom is 0.254 e. The second kappa shape index (κ2) is 7.72. The molecule has 178 valence electrons. The van der Waals surface area contributed by atoms with Crippen LogP contribution in [0.15, 0.2) is 42.7 Å². The van der Waals surface area contributed by atoms with Crippen molar-refractivity contribution in [3.05, 3.63) is 59.7 Å². The Labute approximate surface area is 199 Å². The van der Waals surface area contributed by atoms with Gasteiger partial charge in [-0.1, -0.05) is 0 Å². The van der Waals surface area contributed by atoms with E-state index in [0.717, 1.165) is 31.1 Å². The number of ether oxygens (including phenoxy) is 1. The number of hydrogen-bond acceptors (Lipinski definition) is 6. The van der Waals surface area contributed by atoms with E-state index >= 15 is 0 Å². The summed E-state index contributed by atoms with van der Waals surface area (Å²) >= 11 is 0. The van der Waals surface area contributed by atoms with E-state index in [1.165, 1.54) is 18.3 Å². The Hall–Kier alpha value is -4.08. The molecule has 0 atom stereocenters. The van der Waals surface area contributed by atoms with E-state index in [-0.39, 0.29) is 40.7 Å². The highest BCUT2D eigenvalue weighted by Gasteiger charge is 2.54. The Balaban J connectivity index is 1.07. The fourth-order valence-electron chi connectivity index (χ4n) is 5.39. The van der Waals surface area contributed by atoms with Gasteiger partial charge in [0.2, 0.25) is 5.88 Å². The van der Waals surface area contributed by atoms with Gasteiger partial charge in [0.05, 0.1) is 17.3 Å². The Morgan fingerprint density at radius 3 is 2.71 bits per heavy atom. The summed E-state index contributed by atoms with van der Waals surface area (Å²) in [6.07, 6.45) is 6.42. The molecule has 0 unspecified atom stereocenters. The lowest BCUT2D eigenvalue weighted by Crippen LogP contribution is -2.58. The zero-order chi connectivity index (χ0) is 24.3. The first kappa shape index (κ1) is 21.5. The average Bonchev–Trinajstić information content (AvgIpc) is 3.14. The number of benzene rings is 1. The molecule has 2 amide bonds. The number of halogens is 1. The third kappa shape index (κ3) is 3.74. The number of fused-ring (bicyclic) bond motifs is 2. The summed E-state index contributed by atoms with van der Waals surface area (Å²) in [6.45, 7) is 0. The summed E-state index contributed by atoms with van der Waals surface area (Å²) in [5, 5.41) is 8.53. The van der Waals surface area contributed by atoms with Gasteiger partial charge in [-0.25, -0.2) is 4.39 Å². The summed E-state index contributed by atoms with van der Waals surface area (Å²) in [6, 6.07) is 7.69. The molecule has 6 rings (SSSR count). The average molecular weight is 474 g/mol. The van der Waals surface area contributed by atoms with Crippen LogP contribution in [0.4, 0.5) is 4.39 Å². The minimum absolute atomic E-state index is 0.0664. The highest BCUT2D eigenvalue weighted by atomic mass is 19.1. The van der Waals surface area contributed by atoms with Crippen LogP contribution in [0.25, 0.3) is 21.9 Å². The standard InChI is InChI=1S/C25H23FN6O3/c1-32-22-14(12-29-32)6-19(21(27)33)24(31-22)35-18-9-25(10-18)7-17(8-25)30-23(34)15-4-13-5-16(26)2-3-20(13)28-11-15/h2-6,11-12,17-18H,7-10H2,1H3,(H2,27,33)(H,30,34). The first-order valence-corrected chi connectivity index (χ1v) is 11.4. The van der Waals surface area contributed by atoms with Gasteiger partial charge in [0.25, 0.3) is 11.8 Å². The highest BCUT2D eigenvalue weighted by Crippen LogP contribution is 2.56. The van der Waals surface area contributed by atoms with E-state index in [4.69, 9.17) is 10.5 Å². The van der Waals surface area contributed by atoms with E-state index in [1.807, 2.05) is 0 Å². The lowest BCUT2D eigenvalue weighted by Gasteiger charge is -2.57. The minimum Gasteiger partial charge on any atom is -0.474 e. The van der Waals surface area contributed by atoms with Gasteiger partial charge in [-0.2, -0.15) is 10.1 Å². The van der Waals surface area contributed by atoms with Crippen molar-refractivity contribution >= 4 is 33.8 Å². The Morgan fingerprint density at radius 2 is 1.94 bits per heavy atom. The molecule has 10 heteroatoms. The largest absolute Gasteiger partial charge is 0.474 e. The van der Waals surface area contributed by atoms with E-state index in [9.17, 15) is 14.0 Å². The molecule has 1 aromatic carbocycles. The van der Waals surface area contributed by atoms with Crippen molar-refractivity contribution in [2.75, 3.05) is 0 Å². The number of carbonyl (C=O) groups excluding carboxylic acids is 2. The summed E-state index contributed by atoms with van der Waals surface area (Å²) in [5.41, 5.74) is 7.58. The maximum atomic E-state index is 13.5. The van der Waals surface area contributed by atoms with E-state index in [1.54, 1.807) is 36.1 Å². The second-order valence-corrected chi connectivity index (χ2v) is 9.67. The normalized spacial score (nSPS) is 23.1. The highest BCUT2D eigenvalue weighted by molar-refractivity contribution is 5.98. The number of hydrogen-bond donors (Lipinski definition) is 2. The molecule has 2 fully saturated rings. The van der Waals surface area contributed by atoms with Crippen LogP contribution in [0, 0.1) is 11.2 Å². The number of aryl methyl sites for hydroxylation is 1. The van der Waals surface area contributed by atoms with Crippen molar-refractivity contribution in [3.63, 3.8) is 0 Å². The second-order valence-electron chi connectivity index (χ2n) is 9.67. The van der Waals surface area contributed by atoms with Crippen LogP contribution in [0.3, 0.4) is 0 Å². The van der Waals surface area contributed by atoms with Crippen LogP contribution in [0.1, 0.15) is 46.4 Å². The fourth-order valence-corrected chi connectivity index (χ4v) is 5.39. The van der Waals surface area contributed by atoms with Crippen LogP contribution in [0.2, 0.25) is 0 Å². The molecule has 0 saturated heterocycles. The van der Waals surface area contributed by atoms with Gasteiger partial charge in [-0.15, -0.1) is 0 Å². The van der Waals surface area contributed by atoms with Gasteiger partial charge in [-0.05, 0) is 61.4 Å². The molecule has 4 aromatic rings. The van der Waals surface area contributed by atoms with Crippen LogP contribution < -0.4 is 15.8 Å². The number of nitrogens with zero attached hydrogens (tertiary/aromatic N) is 4. The molecule has 2 aliphatic rings. The van der Waals surface area contributed by atoms with Gasteiger partial charge in [0.1, 0.15) is 17.5 Å². The fraction of sp³-hybridized carbons (Fsp3) is 0.320. The number of pyridine rings is 2. The lowest BCUT2D eigenvalue weighted by atomic mass is 9.53. The molecular formula is C25H23FN6O3. The summed E-state index contributed by atoms with van der Waals surface area (Å²) in [7, 11) is 1.77. The molecule has 0 radical (unpaired) electrons. The molecule has 35 heavy (non-hydrogen) atoms. The molecule has 3 aromatic heterocycles. The molecular weight excluding hydrogens is 451 g/mol. The predicted molar refractivity (Wildman–Crippen MR) is 125 cm³/mol. The van der Waals surface area contributed by atoms with Gasteiger partial charge in [0.15, 0.2) is 5.65 Å². The number of carbonyl (C=O) groups is 2. The van der Waals surface area contributed by atoms with Crippen molar-refractivity contribution in [1.29, 1.82) is 0 Å². The number of nitrogens with one attached hydrogen (secondary N) is 1. The number of amides is 2. The molecule has 1 spiro atoms. The van der Waals surface area contributed by atoms with E-state index in [0.29, 0.717) is 22.1 Å². The zero-order valence-electron chi connectivity index (χ0n) is 19.0. The topological polar surface area (TPSA) is 125 Å². The Morgan fingerprint density at radius 1 is 1.14 bits per heavy atom. The summed E-state index contributed by atoms with van der Waals surface area (Å²) in [5.74, 6) is -0.934. The van der Waals surface area contributed by atoms with Crippen molar-refractivity contribution in [3.8, 4) is 5.88 Å². The van der Waals surface area contributed by atoms with Crippen LogP contribution in [-0.2, 0) is 7.05 Å². The van der Waals surface area contributed by atoms with Crippen LogP contribution in [0.5, 0.6) is 5.88 Å². The lowest BCUT2D eigenvalue weighted by molar-refractivity contribution is -0.0847. The zero-order valence-corrected chi connectivity index (χ0v) is 19.0. The predicted octanol–water partition coefficient (Wildman–Crippen LogP) is 2.87. The molecule has 0 bridgehead atoms. The monoisotopic (exact) mass is 474 g/mol. The number of rotatable bonds is 5. The van der Waals surface area contributed by atoms with Crippen molar-refractivity contribution in [2.24, 2.45) is 18.2 Å². The number of aromatic nitrogens is 4. The van der Waals surface area contributed by atoms with Crippen molar-refractivity contribution < 1.29 is 18.7 Å². The quantitative estimate of drug-likeness (QED) is 0.458. The van der Waals surface area contributed by atoms with Crippen molar-refractivity contribution in [2.45, 2.75) is 37.8 Å². The van der Waals surface area contributed by atoms with E-state index < -0.39 is 5.91 Å². The smallest absolute Gasteiger partial charge is 0.254 e. The van der Waals surface area contributed by atoms with E-state index in [2.05, 4.69) is 20.4 Å². The molecule has 3 N–H and O–H groups in total. The van der Waals surface area contributed by atoms with Crippen LogP contribution in [-0.4, -0.2) is 43.7 Å². The molecule has 2 saturated carbocycles. The Kier molecular flexibility index (Phi) is 4.73. The SMILES string of the molecule is Cn1ncc2cc(C(N)=O)c(OC3CC4(CC(NC(=O)c5cnc6ccc(F)cc6c5)C4)C3)nc21. The van der Waals surface area contributed by atoms with Gasteiger partial charge >= 0.3 is 0 Å². The molecule has 9 nitrogen and oxygen atoms in total. The third-order valence-corrected chi connectivity index (χ3v) is 7.14. The third-order valence-electron chi connectivity index (χ3n) is 7.14. The molecule has 2 aliphatic carbocycles. The van der Waals surface area contributed by atoms with Crippen molar-refractivity contribution in [1.82, 2.24) is 25.1 Å².